The summed E-state index contributed by atoms with van der Waals surface area (Å²) in [7, 11) is 1.59. The van der Waals surface area contributed by atoms with Crippen LogP contribution in [-0.4, -0.2) is 52.9 Å². The van der Waals surface area contributed by atoms with Gasteiger partial charge >= 0.3 is 0 Å². The number of rotatable bonds is 5. The third-order valence-electron chi connectivity index (χ3n) is 5.57. The van der Waals surface area contributed by atoms with E-state index in [-0.39, 0.29) is 18.2 Å². The molecule has 5 heterocycles. The molecule has 0 saturated heterocycles. The van der Waals surface area contributed by atoms with Crippen LogP contribution < -0.4 is 11.1 Å². The number of halogens is 4. The Labute approximate surface area is 207 Å². The molecule has 1 aliphatic rings. The van der Waals surface area contributed by atoms with Crippen molar-refractivity contribution in [1.82, 2.24) is 34.1 Å². The largest absolute Gasteiger partial charge is 0.404 e. The number of hydrogen-bond donors (Lipinski definition) is 2. The summed E-state index contributed by atoms with van der Waals surface area (Å²) in [5, 5.41) is 15.5. The van der Waals surface area contributed by atoms with Gasteiger partial charge in [0.1, 0.15) is 18.2 Å². The maximum absolute atomic E-state index is 15.0. The molecule has 5 rings (SSSR count). The number of hydrogen-bond acceptors (Lipinski definition) is 6. The first-order valence-corrected chi connectivity index (χ1v) is 11.1. The molecule has 0 spiro atoms. The number of nitrogens with zero attached hydrogens (tertiary/aromatic N) is 8. The smallest absolute Gasteiger partial charge is 0.283 e. The third kappa shape index (κ3) is 4.56. The molecule has 186 valence electrons. The summed E-state index contributed by atoms with van der Waals surface area (Å²) in [6.07, 6.45) is 8.15. The van der Waals surface area contributed by atoms with Crippen molar-refractivity contribution in [3.63, 3.8) is 0 Å². The molecule has 0 unspecified atom stereocenters. The van der Waals surface area contributed by atoms with E-state index in [1.165, 1.54) is 26.2 Å². The van der Waals surface area contributed by atoms with Crippen molar-refractivity contribution in [3.8, 4) is 22.6 Å². The van der Waals surface area contributed by atoms with Gasteiger partial charge in [0.15, 0.2) is 17.5 Å². The highest BCUT2D eigenvalue weighted by Gasteiger charge is 2.37. The first kappa shape index (κ1) is 23.6. The van der Waals surface area contributed by atoms with Gasteiger partial charge in [-0.2, -0.15) is 5.10 Å². The molecule has 36 heavy (non-hydrogen) atoms. The van der Waals surface area contributed by atoms with Gasteiger partial charge in [-0.1, -0.05) is 11.6 Å². The van der Waals surface area contributed by atoms with Crippen LogP contribution >= 0.6 is 11.6 Å². The molecule has 0 radical (unpaired) electrons. The minimum Gasteiger partial charge on any atom is -0.404 e. The predicted octanol–water partition coefficient (Wildman–Crippen LogP) is 3.41. The number of aromatic nitrogens is 7. The Bertz CT molecular complexity index is 1480. The zero-order chi connectivity index (χ0) is 25.4. The second kappa shape index (κ2) is 9.15. The van der Waals surface area contributed by atoms with Crippen molar-refractivity contribution in [1.29, 1.82) is 0 Å². The molecular formula is C22H20ClF3N10. The van der Waals surface area contributed by atoms with Crippen LogP contribution in [0.1, 0.15) is 5.82 Å². The number of anilines is 1. The predicted molar refractivity (Wildman–Crippen MR) is 128 cm³/mol. The molecule has 0 fully saturated rings. The van der Waals surface area contributed by atoms with Gasteiger partial charge in [-0.15, -0.1) is 10.2 Å². The van der Waals surface area contributed by atoms with Crippen molar-refractivity contribution in [3.05, 3.63) is 65.9 Å². The number of fused-ring (bicyclic) bond motifs is 3. The van der Waals surface area contributed by atoms with E-state index in [9.17, 15) is 13.2 Å². The average molecular weight is 517 g/mol. The van der Waals surface area contributed by atoms with Crippen LogP contribution in [0.2, 0.25) is 5.02 Å². The molecular weight excluding hydrogens is 497 g/mol. The Kier molecular flexibility index (Phi) is 6.00. The van der Waals surface area contributed by atoms with E-state index in [0.29, 0.717) is 33.5 Å². The van der Waals surface area contributed by atoms with Crippen molar-refractivity contribution >= 4 is 23.3 Å². The summed E-state index contributed by atoms with van der Waals surface area (Å²) in [6, 6.07) is 3.41. The van der Waals surface area contributed by atoms with Crippen LogP contribution in [-0.2, 0) is 19.6 Å². The fourth-order valence-corrected chi connectivity index (χ4v) is 4.22. The van der Waals surface area contributed by atoms with Crippen molar-refractivity contribution in [2.45, 2.75) is 25.6 Å². The molecule has 3 N–H and O–H groups in total. The second-order valence-electron chi connectivity index (χ2n) is 8.12. The molecule has 0 aliphatic carbocycles. The molecule has 4 aromatic rings. The van der Waals surface area contributed by atoms with E-state index in [1.807, 2.05) is 0 Å². The van der Waals surface area contributed by atoms with Gasteiger partial charge in [0.25, 0.3) is 5.92 Å². The van der Waals surface area contributed by atoms with Crippen LogP contribution in [0.4, 0.5) is 19.0 Å². The Balaban J connectivity index is 1.55. The number of alkyl halides is 2. The summed E-state index contributed by atoms with van der Waals surface area (Å²) in [5.41, 5.74) is 7.04. The van der Waals surface area contributed by atoms with E-state index in [2.05, 4.69) is 30.6 Å². The summed E-state index contributed by atoms with van der Waals surface area (Å²) in [6.45, 7) is -1.20. The molecule has 14 heteroatoms. The quantitative estimate of drug-likeness (QED) is 0.310. The molecule has 0 bridgehead atoms. The number of aliphatic imine (C=N–C) groups is 1. The van der Waals surface area contributed by atoms with E-state index >= 15 is 0 Å². The number of amidine groups is 1. The normalized spacial score (nSPS) is 15.1. The summed E-state index contributed by atoms with van der Waals surface area (Å²) in [4.78, 5) is 8.32. The van der Waals surface area contributed by atoms with Crippen LogP contribution in [0.5, 0.6) is 0 Å². The lowest BCUT2D eigenvalue weighted by atomic mass is 10.1. The third-order valence-corrected chi connectivity index (χ3v) is 5.87. The van der Waals surface area contributed by atoms with Crippen LogP contribution in [0.25, 0.3) is 22.6 Å². The standard InChI is InChI=1S/C22H20ClF3N10/c1-28-18(2-3-27)31-19-5-15(16(23)7-29-19)13-4-17-21-33-32-20(10-35-9-14(24)6-30-35)36(21)12-22(25,26)11-34(17)8-13/h2-9H,10-12,27H2,1H3,(H,28,29,31). The SMILES string of the molecule is CN=C(C=CN)Nc1cc(-c2cc3n(c2)CC(F)(F)Cn2c(Cn4cc(F)cn4)nnc2-3)c(Cl)cn1. The molecule has 1 aliphatic heterocycles. The lowest BCUT2D eigenvalue weighted by Crippen LogP contribution is -2.28. The molecule has 0 aromatic carbocycles. The van der Waals surface area contributed by atoms with Gasteiger partial charge in [-0.05, 0) is 24.4 Å². The van der Waals surface area contributed by atoms with Crippen LogP contribution in [0.3, 0.4) is 0 Å². The van der Waals surface area contributed by atoms with Crippen molar-refractivity contribution in [2.75, 3.05) is 12.4 Å². The average Bonchev–Trinajstić information content (AvgIpc) is 3.52. The van der Waals surface area contributed by atoms with E-state index in [0.717, 1.165) is 12.4 Å². The van der Waals surface area contributed by atoms with Gasteiger partial charge in [0, 0.05) is 30.6 Å². The first-order valence-electron chi connectivity index (χ1n) is 10.7. The van der Waals surface area contributed by atoms with E-state index in [1.54, 1.807) is 31.5 Å². The Morgan fingerprint density at radius 2 is 2.08 bits per heavy atom. The van der Waals surface area contributed by atoms with Gasteiger partial charge in [-0.25, -0.2) is 18.2 Å². The zero-order valence-corrected chi connectivity index (χ0v) is 19.7. The highest BCUT2D eigenvalue weighted by Crippen LogP contribution is 2.37. The van der Waals surface area contributed by atoms with Gasteiger partial charge in [-0.3, -0.25) is 9.67 Å². The highest BCUT2D eigenvalue weighted by atomic mass is 35.5. The maximum Gasteiger partial charge on any atom is 0.283 e. The summed E-state index contributed by atoms with van der Waals surface area (Å²) in [5.74, 6) is -2.22. The molecule has 0 saturated carbocycles. The fraction of sp³-hybridized carbons (Fsp3) is 0.227. The van der Waals surface area contributed by atoms with E-state index in [4.69, 9.17) is 17.3 Å². The fourth-order valence-electron chi connectivity index (χ4n) is 4.01. The van der Waals surface area contributed by atoms with Crippen LogP contribution in [0, 0.1) is 5.82 Å². The summed E-state index contributed by atoms with van der Waals surface area (Å²) < 4.78 is 47.4. The van der Waals surface area contributed by atoms with Gasteiger partial charge < -0.3 is 20.2 Å². The topological polar surface area (TPSA) is 117 Å². The first-order chi connectivity index (χ1) is 17.3. The Hall–Kier alpha value is -4.13. The maximum atomic E-state index is 15.0. The lowest BCUT2D eigenvalue weighted by molar-refractivity contribution is -0.0301. The van der Waals surface area contributed by atoms with Gasteiger partial charge in [0.05, 0.1) is 36.2 Å². The number of pyridine rings is 1. The van der Waals surface area contributed by atoms with Crippen LogP contribution in [0.15, 0.2) is 54.2 Å². The van der Waals surface area contributed by atoms with Crippen molar-refractivity contribution in [2.24, 2.45) is 10.7 Å². The minimum absolute atomic E-state index is 0.00958. The van der Waals surface area contributed by atoms with E-state index < -0.39 is 24.8 Å². The number of nitrogens with one attached hydrogen (secondary N) is 1. The molecule has 10 nitrogen and oxygen atoms in total. The minimum atomic E-state index is -3.10. The molecule has 4 aromatic heterocycles. The molecule has 0 atom stereocenters. The second-order valence-corrected chi connectivity index (χ2v) is 8.53. The Morgan fingerprint density at radius 1 is 1.25 bits per heavy atom. The zero-order valence-electron chi connectivity index (χ0n) is 18.9. The number of nitrogens with two attached hydrogens (primary N) is 1. The Morgan fingerprint density at radius 3 is 2.81 bits per heavy atom. The highest BCUT2D eigenvalue weighted by molar-refractivity contribution is 6.33. The van der Waals surface area contributed by atoms with Gasteiger partial charge in [0.2, 0.25) is 0 Å². The lowest BCUT2D eigenvalue weighted by Gasteiger charge is -2.16. The molecule has 0 amide bonds. The van der Waals surface area contributed by atoms with Crippen molar-refractivity contribution < 1.29 is 13.2 Å². The summed E-state index contributed by atoms with van der Waals surface area (Å²) >= 11 is 6.43. The monoisotopic (exact) mass is 516 g/mol.